The van der Waals surface area contributed by atoms with Crippen molar-refractivity contribution in [1.29, 1.82) is 0 Å². The van der Waals surface area contributed by atoms with Gasteiger partial charge in [0.05, 0.1) is 5.02 Å². The first-order valence-electron chi connectivity index (χ1n) is 5.20. The second kappa shape index (κ2) is 4.66. The van der Waals surface area contributed by atoms with E-state index in [1.807, 2.05) is 6.07 Å². The lowest BCUT2D eigenvalue weighted by Gasteiger charge is -2.09. The molecule has 0 aliphatic rings. The number of nitrogens with zero attached hydrogens (tertiary/aromatic N) is 1. The van der Waals surface area contributed by atoms with Crippen molar-refractivity contribution in [2.45, 2.75) is 13.3 Å². The Bertz CT molecular complexity index is 514. The molecule has 2 nitrogen and oxygen atoms in total. The fourth-order valence-electron chi connectivity index (χ4n) is 1.60. The van der Waals surface area contributed by atoms with E-state index in [0.717, 1.165) is 18.7 Å². The van der Waals surface area contributed by atoms with Crippen molar-refractivity contribution in [3.8, 4) is 0 Å². The van der Waals surface area contributed by atoms with Gasteiger partial charge in [0, 0.05) is 23.8 Å². The minimum atomic E-state index is -0.348. The number of halogens is 2. The van der Waals surface area contributed by atoms with Crippen LogP contribution in [0.2, 0.25) is 5.02 Å². The Morgan fingerprint density at radius 3 is 2.94 bits per heavy atom. The summed E-state index contributed by atoms with van der Waals surface area (Å²) < 4.78 is 13.5. The normalized spacial score (nSPS) is 10.7. The van der Waals surface area contributed by atoms with Crippen LogP contribution in [0.15, 0.2) is 24.4 Å². The Morgan fingerprint density at radius 1 is 1.38 bits per heavy atom. The Hall–Kier alpha value is -1.35. The molecule has 2 aromatic rings. The summed E-state index contributed by atoms with van der Waals surface area (Å²) >= 11 is 6.07. The summed E-state index contributed by atoms with van der Waals surface area (Å²) in [6.45, 7) is 2.89. The third-order valence-corrected chi connectivity index (χ3v) is 2.67. The Morgan fingerprint density at radius 2 is 2.19 bits per heavy atom. The molecule has 1 aromatic heterocycles. The number of aromatic nitrogens is 1. The standard InChI is InChI=1S/C12H12ClFN2/c1-2-6-15-10-5-7-16-12-9(14)4-3-8(13)11(10)12/h3-5,7H,2,6H2,1H3,(H,15,16). The van der Waals surface area contributed by atoms with Crippen LogP contribution in [0.1, 0.15) is 13.3 Å². The first-order chi connectivity index (χ1) is 7.74. The summed E-state index contributed by atoms with van der Waals surface area (Å²) in [5.74, 6) is -0.348. The highest BCUT2D eigenvalue weighted by Crippen LogP contribution is 2.30. The zero-order chi connectivity index (χ0) is 11.5. The topological polar surface area (TPSA) is 24.9 Å². The van der Waals surface area contributed by atoms with E-state index < -0.39 is 0 Å². The molecule has 84 valence electrons. The van der Waals surface area contributed by atoms with Crippen molar-refractivity contribution in [3.63, 3.8) is 0 Å². The Labute approximate surface area is 98.4 Å². The predicted octanol–water partition coefficient (Wildman–Crippen LogP) is 3.85. The molecule has 0 aliphatic heterocycles. The second-order valence-corrected chi connectivity index (χ2v) is 3.95. The van der Waals surface area contributed by atoms with E-state index in [9.17, 15) is 4.39 Å². The maximum absolute atomic E-state index is 13.5. The number of hydrogen-bond donors (Lipinski definition) is 1. The third kappa shape index (κ3) is 1.95. The average molecular weight is 239 g/mol. The number of benzene rings is 1. The fraction of sp³-hybridized carbons (Fsp3) is 0.250. The summed E-state index contributed by atoms with van der Waals surface area (Å²) in [5, 5.41) is 4.38. The summed E-state index contributed by atoms with van der Waals surface area (Å²) in [7, 11) is 0. The smallest absolute Gasteiger partial charge is 0.149 e. The van der Waals surface area contributed by atoms with E-state index in [1.54, 1.807) is 12.3 Å². The molecular formula is C12H12ClFN2. The van der Waals surface area contributed by atoms with Gasteiger partial charge in [-0.2, -0.15) is 0 Å². The lowest BCUT2D eigenvalue weighted by atomic mass is 10.1. The van der Waals surface area contributed by atoms with Gasteiger partial charge in [0.15, 0.2) is 0 Å². The van der Waals surface area contributed by atoms with Crippen molar-refractivity contribution in [3.05, 3.63) is 35.2 Å². The van der Waals surface area contributed by atoms with E-state index >= 15 is 0 Å². The van der Waals surface area contributed by atoms with E-state index in [-0.39, 0.29) is 5.82 Å². The van der Waals surface area contributed by atoms with Crippen LogP contribution < -0.4 is 5.32 Å². The zero-order valence-corrected chi connectivity index (χ0v) is 9.68. The Balaban J connectivity index is 2.61. The van der Waals surface area contributed by atoms with Crippen LogP contribution in [0.4, 0.5) is 10.1 Å². The fourth-order valence-corrected chi connectivity index (χ4v) is 1.85. The van der Waals surface area contributed by atoms with Gasteiger partial charge in [-0.3, -0.25) is 4.98 Å². The molecule has 0 saturated heterocycles. The van der Waals surface area contributed by atoms with Crippen LogP contribution in [0.3, 0.4) is 0 Å². The molecule has 2 rings (SSSR count). The SMILES string of the molecule is CCCNc1ccnc2c(F)ccc(Cl)c12. The number of hydrogen-bond acceptors (Lipinski definition) is 2. The number of anilines is 1. The van der Waals surface area contributed by atoms with E-state index in [1.165, 1.54) is 6.07 Å². The van der Waals surface area contributed by atoms with Crippen molar-refractivity contribution < 1.29 is 4.39 Å². The van der Waals surface area contributed by atoms with Crippen molar-refractivity contribution in [1.82, 2.24) is 4.98 Å². The van der Waals surface area contributed by atoms with Gasteiger partial charge in [-0.1, -0.05) is 18.5 Å². The molecule has 16 heavy (non-hydrogen) atoms. The number of pyridine rings is 1. The van der Waals surface area contributed by atoms with Crippen LogP contribution in [0, 0.1) is 5.82 Å². The van der Waals surface area contributed by atoms with Crippen LogP contribution in [-0.4, -0.2) is 11.5 Å². The van der Waals surface area contributed by atoms with Crippen LogP contribution in [-0.2, 0) is 0 Å². The predicted molar refractivity (Wildman–Crippen MR) is 65.5 cm³/mol. The number of rotatable bonds is 3. The molecule has 1 heterocycles. The Kier molecular flexibility index (Phi) is 3.25. The van der Waals surface area contributed by atoms with Crippen molar-refractivity contribution in [2.75, 3.05) is 11.9 Å². The van der Waals surface area contributed by atoms with Gasteiger partial charge in [-0.15, -0.1) is 0 Å². The van der Waals surface area contributed by atoms with E-state index in [0.29, 0.717) is 15.9 Å². The molecular weight excluding hydrogens is 227 g/mol. The van der Waals surface area contributed by atoms with Gasteiger partial charge in [-0.25, -0.2) is 4.39 Å². The molecule has 0 atom stereocenters. The van der Waals surface area contributed by atoms with Crippen molar-refractivity contribution >= 4 is 28.2 Å². The second-order valence-electron chi connectivity index (χ2n) is 3.54. The first-order valence-corrected chi connectivity index (χ1v) is 5.58. The highest BCUT2D eigenvalue weighted by atomic mass is 35.5. The molecule has 4 heteroatoms. The zero-order valence-electron chi connectivity index (χ0n) is 8.93. The quantitative estimate of drug-likeness (QED) is 0.879. The minimum absolute atomic E-state index is 0.314. The van der Waals surface area contributed by atoms with Gasteiger partial charge >= 0.3 is 0 Å². The summed E-state index contributed by atoms with van der Waals surface area (Å²) in [6.07, 6.45) is 2.58. The molecule has 0 aliphatic carbocycles. The summed E-state index contributed by atoms with van der Waals surface area (Å²) in [5.41, 5.74) is 1.14. The molecule has 1 aromatic carbocycles. The highest BCUT2D eigenvalue weighted by molar-refractivity contribution is 6.36. The average Bonchev–Trinajstić information content (AvgIpc) is 2.31. The molecule has 1 N–H and O–H groups in total. The van der Waals surface area contributed by atoms with E-state index in [2.05, 4.69) is 17.2 Å². The largest absolute Gasteiger partial charge is 0.384 e. The number of fused-ring (bicyclic) bond motifs is 1. The molecule has 0 bridgehead atoms. The van der Waals surface area contributed by atoms with Gasteiger partial charge in [-0.05, 0) is 24.6 Å². The van der Waals surface area contributed by atoms with Gasteiger partial charge in [0.1, 0.15) is 11.3 Å². The lowest BCUT2D eigenvalue weighted by molar-refractivity contribution is 0.637. The minimum Gasteiger partial charge on any atom is -0.384 e. The van der Waals surface area contributed by atoms with Crippen molar-refractivity contribution in [2.24, 2.45) is 0 Å². The molecule has 0 fully saturated rings. The van der Waals surface area contributed by atoms with Gasteiger partial charge < -0.3 is 5.32 Å². The summed E-state index contributed by atoms with van der Waals surface area (Å²) in [6, 6.07) is 4.70. The van der Waals surface area contributed by atoms with Crippen LogP contribution >= 0.6 is 11.6 Å². The summed E-state index contributed by atoms with van der Waals surface area (Å²) in [4.78, 5) is 4.01. The first kappa shape index (κ1) is 11.1. The molecule has 0 spiro atoms. The number of nitrogens with one attached hydrogen (secondary N) is 1. The maximum atomic E-state index is 13.5. The van der Waals surface area contributed by atoms with E-state index in [4.69, 9.17) is 11.6 Å². The lowest BCUT2D eigenvalue weighted by Crippen LogP contribution is -2.01. The van der Waals surface area contributed by atoms with Gasteiger partial charge in [0.25, 0.3) is 0 Å². The van der Waals surface area contributed by atoms with Crippen LogP contribution in [0.5, 0.6) is 0 Å². The van der Waals surface area contributed by atoms with Gasteiger partial charge in [0.2, 0.25) is 0 Å². The molecule has 0 saturated carbocycles. The maximum Gasteiger partial charge on any atom is 0.149 e. The molecule has 0 unspecified atom stereocenters. The molecule has 0 radical (unpaired) electrons. The van der Waals surface area contributed by atoms with Crippen LogP contribution in [0.25, 0.3) is 10.9 Å². The third-order valence-electron chi connectivity index (χ3n) is 2.36. The monoisotopic (exact) mass is 238 g/mol. The molecule has 0 amide bonds. The highest BCUT2D eigenvalue weighted by Gasteiger charge is 2.09.